The summed E-state index contributed by atoms with van der Waals surface area (Å²) < 4.78 is 38.3. The van der Waals surface area contributed by atoms with Crippen molar-refractivity contribution in [2.24, 2.45) is 0 Å². The molecule has 2 aliphatic rings. The molecule has 0 spiro atoms. The molecular weight excluding hydrogens is 403 g/mol. The van der Waals surface area contributed by atoms with Gasteiger partial charge in [0, 0.05) is 25.5 Å². The molecule has 2 aromatic rings. The standard InChI is InChI=1S/C18H18F3N7O2/c1-10(18(19,20)21)24-16(29)12-2-3-13-15(25-12)28(11-4-7-27(13)9-11)17(30)26-14-8-22-5-6-23-14/h2-3,5-6,8,10-11H,4,7,9H2,1H3,(H,24,29)(H,23,26,30)/t10?,11-/m0/s1. The van der Waals surface area contributed by atoms with Crippen molar-refractivity contribution in [3.8, 4) is 0 Å². The van der Waals surface area contributed by atoms with Crippen molar-refractivity contribution >= 4 is 29.3 Å². The molecule has 2 bridgehead atoms. The number of nitrogens with zero attached hydrogens (tertiary/aromatic N) is 5. The fourth-order valence-electron chi connectivity index (χ4n) is 3.48. The molecule has 0 radical (unpaired) electrons. The van der Waals surface area contributed by atoms with E-state index in [0.717, 1.165) is 6.92 Å². The van der Waals surface area contributed by atoms with Crippen LogP contribution in [0.4, 0.5) is 35.3 Å². The average molecular weight is 421 g/mol. The number of anilines is 3. The molecule has 4 heterocycles. The van der Waals surface area contributed by atoms with E-state index in [2.05, 4.69) is 20.3 Å². The van der Waals surface area contributed by atoms with Gasteiger partial charge in [-0.1, -0.05) is 0 Å². The molecule has 0 aliphatic carbocycles. The topological polar surface area (TPSA) is 103 Å². The van der Waals surface area contributed by atoms with Crippen LogP contribution >= 0.6 is 0 Å². The van der Waals surface area contributed by atoms with Crippen LogP contribution in [0.3, 0.4) is 0 Å². The van der Waals surface area contributed by atoms with E-state index in [1.165, 1.54) is 29.6 Å². The Morgan fingerprint density at radius 1 is 1.27 bits per heavy atom. The molecule has 4 rings (SSSR count). The second kappa shape index (κ2) is 7.43. The van der Waals surface area contributed by atoms with E-state index in [0.29, 0.717) is 25.2 Å². The molecule has 1 saturated heterocycles. The lowest BCUT2D eigenvalue weighted by Crippen LogP contribution is -2.49. The normalized spacial score (nSPS) is 18.6. The van der Waals surface area contributed by atoms with Crippen molar-refractivity contribution in [2.75, 3.05) is 28.2 Å². The molecule has 2 N–H and O–H groups in total. The zero-order valence-corrected chi connectivity index (χ0v) is 15.8. The summed E-state index contributed by atoms with van der Waals surface area (Å²) in [5, 5.41) is 4.53. The third kappa shape index (κ3) is 3.72. The summed E-state index contributed by atoms with van der Waals surface area (Å²) in [6.45, 7) is 2.15. The molecule has 1 fully saturated rings. The summed E-state index contributed by atoms with van der Waals surface area (Å²) in [7, 11) is 0. The Hall–Kier alpha value is -3.44. The van der Waals surface area contributed by atoms with Gasteiger partial charge in [-0.3, -0.25) is 20.0 Å². The number of rotatable bonds is 3. The highest BCUT2D eigenvalue weighted by Crippen LogP contribution is 2.39. The molecule has 9 nitrogen and oxygen atoms in total. The smallest absolute Gasteiger partial charge is 0.366 e. The number of hydrogen-bond acceptors (Lipinski definition) is 6. The van der Waals surface area contributed by atoms with Crippen molar-refractivity contribution < 1.29 is 22.8 Å². The monoisotopic (exact) mass is 421 g/mol. The minimum Gasteiger partial charge on any atom is -0.366 e. The van der Waals surface area contributed by atoms with Crippen LogP contribution in [0.15, 0.2) is 30.7 Å². The summed E-state index contributed by atoms with van der Waals surface area (Å²) in [6.07, 6.45) is 0.405. The van der Waals surface area contributed by atoms with Crippen molar-refractivity contribution in [1.82, 2.24) is 20.3 Å². The molecule has 12 heteroatoms. The molecule has 30 heavy (non-hydrogen) atoms. The van der Waals surface area contributed by atoms with Crippen molar-refractivity contribution in [2.45, 2.75) is 31.6 Å². The van der Waals surface area contributed by atoms with Gasteiger partial charge in [-0.05, 0) is 25.5 Å². The van der Waals surface area contributed by atoms with Crippen LogP contribution in [0.25, 0.3) is 0 Å². The minimum atomic E-state index is -4.57. The van der Waals surface area contributed by atoms with Gasteiger partial charge in [0.05, 0.1) is 17.9 Å². The summed E-state index contributed by atoms with van der Waals surface area (Å²) in [4.78, 5) is 40.9. The second-order valence-electron chi connectivity index (χ2n) is 7.06. The molecule has 2 atom stereocenters. The first-order valence-electron chi connectivity index (χ1n) is 9.24. The van der Waals surface area contributed by atoms with E-state index >= 15 is 0 Å². The average Bonchev–Trinajstić information content (AvgIpc) is 3.12. The first kappa shape index (κ1) is 19.9. The largest absolute Gasteiger partial charge is 0.408 e. The van der Waals surface area contributed by atoms with Gasteiger partial charge < -0.3 is 10.2 Å². The molecular formula is C18H18F3N7O2. The van der Waals surface area contributed by atoms with Gasteiger partial charge in [-0.25, -0.2) is 14.8 Å². The highest BCUT2D eigenvalue weighted by molar-refractivity contribution is 6.04. The minimum absolute atomic E-state index is 0.186. The van der Waals surface area contributed by atoms with Gasteiger partial charge in [0.15, 0.2) is 11.6 Å². The Kier molecular flexibility index (Phi) is 4.92. The third-order valence-corrected chi connectivity index (χ3v) is 5.04. The van der Waals surface area contributed by atoms with Crippen LogP contribution in [-0.4, -0.2) is 58.2 Å². The highest BCUT2D eigenvalue weighted by Gasteiger charge is 2.41. The highest BCUT2D eigenvalue weighted by atomic mass is 19.4. The van der Waals surface area contributed by atoms with Gasteiger partial charge in [0.1, 0.15) is 11.7 Å². The quantitative estimate of drug-likeness (QED) is 0.788. The Labute approximate surface area is 169 Å². The van der Waals surface area contributed by atoms with Gasteiger partial charge in [-0.2, -0.15) is 13.2 Å². The fourth-order valence-corrected chi connectivity index (χ4v) is 3.48. The van der Waals surface area contributed by atoms with Gasteiger partial charge in [-0.15, -0.1) is 0 Å². The number of hydrogen-bond donors (Lipinski definition) is 2. The van der Waals surface area contributed by atoms with Crippen LogP contribution < -0.4 is 20.4 Å². The van der Waals surface area contributed by atoms with Crippen LogP contribution in [0, 0.1) is 0 Å². The van der Waals surface area contributed by atoms with E-state index in [1.807, 2.05) is 10.2 Å². The Morgan fingerprint density at radius 2 is 2.07 bits per heavy atom. The predicted octanol–water partition coefficient (Wildman–Crippen LogP) is 2.18. The van der Waals surface area contributed by atoms with E-state index in [1.54, 1.807) is 6.07 Å². The first-order valence-corrected chi connectivity index (χ1v) is 9.24. The van der Waals surface area contributed by atoms with Crippen LogP contribution in [0.1, 0.15) is 23.8 Å². The zero-order valence-electron chi connectivity index (χ0n) is 15.8. The van der Waals surface area contributed by atoms with Crippen LogP contribution in [0.2, 0.25) is 0 Å². The van der Waals surface area contributed by atoms with Gasteiger partial charge in [0.2, 0.25) is 0 Å². The molecule has 3 amide bonds. The number of alkyl halides is 3. The lowest BCUT2D eigenvalue weighted by Gasteiger charge is -2.35. The summed E-state index contributed by atoms with van der Waals surface area (Å²) in [5.41, 5.74) is 0.433. The number of urea groups is 1. The Balaban J connectivity index is 1.63. The van der Waals surface area contributed by atoms with Crippen LogP contribution in [-0.2, 0) is 0 Å². The lowest BCUT2D eigenvalue weighted by atomic mass is 10.1. The number of halogens is 3. The fraction of sp³-hybridized carbons (Fsp3) is 0.389. The number of aromatic nitrogens is 3. The zero-order chi connectivity index (χ0) is 21.5. The van der Waals surface area contributed by atoms with E-state index in [9.17, 15) is 22.8 Å². The maximum atomic E-state index is 12.9. The molecule has 158 valence electrons. The maximum Gasteiger partial charge on any atom is 0.408 e. The van der Waals surface area contributed by atoms with Gasteiger partial charge in [0.25, 0.3) is 5.91 Å². The number of amides is 3. The predicted molar refractivity (Wildman–Crippen MR) is 101 cm³/mol. The SMILES string of the molecule is CC(NC(=O)c1ccc2c(n1)N(C(=O)Nc1cnccn1)[C@H]1CCN2C1)C(F)(F)F. The Morgan fingerprint density at radius 3 is 2.77 bits per heavy atom. The third-order valence-electron chi connectivity index (χ3n) is 5.04. The van der Waals surface area contributed by atoms with Crippen LogP contribution in [0.5, 0.6) is 0 Å². The van der Waals surface area contributed by atoms with E-state index < -0.39 is 24.2 Å². The maximum absolute atomic E-state index is 12.9. The summed E-state index contributed by atoms with van der Waals surface area (Å²) in [5.74, 6) is -0.500. The second-order valence-corrected chi connectivity index (χ2v) is 7.06. The van der Waals surface area contributed by atoms with Crippen molar-refractivity contribution in [3.05, 3.63) is 36.4 Å². The Bertz CT molecular complexity index is 970. The number of carbonyl (C=O) groups is 2. The summed E-state index contributed by atoms with van der Waals surface area (Å²) >= 11 is 0. The van der Waals surface area contributed by atoms with Crippen molar-refractivity contribution in [1.29, 1.82) is 0 Å². The van der Waals surface area contributed by atoms with Crippen molar-refractivity contribution in [3.63, 3.8) is 0 Å². The molecule has 2 aromatic heterocycles. The number of pyridine rings is 1. The number of carbonyl (C=O) groups excluding carboxylic acids is 2. The number of nitrogens with one attached hydrogen (secondary N) is 2. The lowest BCUT2D eigenvalue weighted by molar-refractivity contribution is -0.149. The summed E-state index contributed by atoms with van der Waals surface area (Å²) in [6, 6.07) is 0.235. The molecule has 0 saturated carbocycles. The number of fused-ring (bicyclic) bond motifs is 4. The molecule has 0 aromatic carbocycles. The molecule has 1 unspecified atom stereocenters. The van der Waals surface area contributed by atoms with Gasteiger partial charge >= 0.3 is 12.2 Å². The molecule has 2 aliphatic heterocycles. The first-order chi connectivity index (χ1) is 14.2. The van der Waals surface area contributed by atoms with E-state index in [4.69, 9.17) is 0 Å². The van der Waals surface area contributed by atoms with E-state index in [-0.39, 0.29) is 23.4 Å².